The molecule has 29 heavy (non-hydrogen) atoms. The van der Waals surface area contributed by atoms with Crippen molar-refractivity contribution < 1.29 is 9.90 Å². The summed E-state index contributed by atoms with van der Waals surface area (Å²) in [5.41, 5.74) is 2.07. The first kappa shape index (κ1) is 19.3. The Kier molecular flexibility index (Phi) is 4.93. The molecule has 0 radical (unpaired) electrons. The van der Waals surface area contributed by atoms with Gasteiger partial charge < -0.3 is 5.11 Å². The average Bonchev–Trinajstić information content (AvgIpc) is 3.15. The highest BCUT2D eigenvalue weighted by Gasteiger charge is 2.23. The highest BCUT2D eigenvalue weighted by atomic mass is 79.9. The van der Waals surface area contributed by atoms with Crippen molar-refractivity contribution in [2.45, 2.75) is 12.6 Å². The first-order valence-electron chi connectivity index (χ1n) is 8.87. The molecule has 4 rings (SSSR count). The van der Waals surface area contributed by atoms with Crippen LogP contribution in [0.2, 0.25) is 0 Å². The number of aliphatic carboxylic acids is 1. The van der Waals surface area contributed by atoms with Crippen molar-refractivity contribution in [3.63, 3.8) is 0 Å². The molecule has 0 saturated carbocycles. The minimum atomic E-state index is -0.886. The van der Waals surface area contributed by atoms with Crippen LogP contribution in [0.1, 0.15) is 17.3 Å². The Morgan fingerprint density at radius 3 is 2.59 bits per heavy atom. The third-order valence-corrected chi connectivity index (χ3v) is 5.27. The predicted molar refractivity (Wildman–Crippen MR) is 112 cm³/mol. The minimum Gasteiger partial charge on any atom is -0.481 e. The van der Waals surface area contributed by atoms with Gasteiger partial charge in [-0.15, -0.1) is 10.2 Å². The smallest absolute Gasteiger partial charge is 0.307 e. The minimum absolute atomic E-state index is 0.0503. The molecule has 0 bridgehead atoms. The number of carboxylic acid groups (broad SMARTS) is 1. The van der Waals surface area contributed by atoms with Crippen LogP contribution in [0.5, 0.6) is 0 Å². The molecule has 0 aliphatic carbocycles. The molecular formula is C20H18BrN5O3. The normalized spacial score (nSPS) is 12.7. The van der Waals surface area contributed by atoms with Crippen molar-refractivity contribution in [3.05, 3.63) is 74.7 Å². The molecule has 0 aliphatic rings. The Bertz CT molecular complexity index is 1280. The van der Waals surface area contributed by atoms with Crippen LogP contribution in [0.15, 0.2) is 58.1 Å². The molecule has 0 amide bonds. The molecule has 0 spiro atoms. The summed E-state index contributed by atoms with van der Waals surface area (Å²) in [5, 5.41) is 17.7. The van der Waals surface area contributed by atoms with Crippen LogP contribution in [0.25, 0.3) is 16.7 Å². The lowest BCUT2D eigenvalue weighted by Crippen LogP contribution is -2.36. The van der Waals surface area contributed by atoms with Crippen LogP contribution >= 0.6 is 15.9 Å². The molecule has 1 atom stereocenters. The molecule has 4 aromatic rings. The average molecular weight is 456 g/mol. The summed E-state index contributed by atoms with van der Waals surface area (Å²) < 4.78 is 4.20. The monoisotopic (exact) mass is 455 g/mol. The number of benzene rings is 2. The number of carbonyl (C=O) groups is 1. The van der Waals surface area contributed by atoms with E-state index in [0.717, 1.165) is 15.6 Å². The largest absolute Gasteiger partial charge is 0.481 e. The van der Waals surface area contributed by atoms with Gasteiger partial charge in [-0.3, -0.25) is 23.5 Å². The Hall–Kier alpha value is -3.04. The fraction of sp³-hybridized carbons (Fsp3) is 0.200. The third kappa shape index (κ3) is 3.43. The second kappa shape index (κ2) is 7.41. The second-order valence-corrected chi connectivity index (χ2v) is 7.90. The highest BCUT2D eigenvalue weighted by Crippen LogP contribution is 2.25. The molecule has 1 unspecified atom stereocenters. The molecule has 0 aliphatic heterocycles. The van der Waals surface area contributed by atoms with Gasteiger partial charge in [0.05, 0.1) is 17.3 Å². The van der Waals surface area contributed by atoms with Gasteiger partial charge >= 0.3 is 5.97 Å². The Morgan fingerprint density at radius 2 is 1.93 bits per heavy atom. The van der Waals surface area contributed by atoms with Crippen LogP contribution in [0.3, 0.4) is 0 Å². The van der Waals surface area contributed by atoms with Gasteiger partial charge in [-0.25, -0.2) is 0 Å². The van der Waals surface area contributed by atoms with Gasteiger partial charge in [0.1, 0.15) is 12.5 Å². The molecule has 0 fully saturated rings. The Labute approximate surface area is 174 Å². The number of hydrogen-bond donors (Lipinski definition) is 1. The topological polar surface area (TPSA) is 92.7 Å². The highest BCUT2D eigenvalue weighted by molar-refractivity contribution is 9.10. The molecule has 2 heterocycles. The third-order valence-electron chi connectivity index (χ3n) is 4.78. The summed E-state index contributed by atoms with van der Waals surface area (Å²) in [6.07, 6.45) is 1.09. The zero-order chi connectivity index (χ0) is 20.7. The Balaban J connectivity index is 1.96. The second-order valence-electron chi connectivity index (χ2n) is 6.99. The van der Waals surface area contributed by atoms with Crippen LogP contribution in [0, 0.1) is 0 Å². The lowest BCUT2D eigenvalue weighted by Gasteiger charge is -2.27. The van der Waals surface area contributed by atoms with Crippen molar-refractivity contribution >= 4 is 38.6 Å². The van der Waals surface area contributed by atoms with E-state index in [4.69, 9.17) is 5.11 Å². The summed E-state index contributed by atoms with van der Waals surface area (Å²) in [6, 6.07) is 12.7. The Morgan fingerprint density at radius 1 is 1.21 bits per heavy atom. The van der Waals surface area contributed by atoms with Crippen LogP contribution < -0.4 is 5.56 Å². The summed E-state index contributed by atoms with van der Waals surface area (Å²) in [6.45, 7) is 0. The number of nitrogens with zero attached hydrogens (tertiary/aromatic N) is 5. The number of fused-ring (bicyclic) bond motifs is 3. The van der Waals surface area contributed by atoms with Crippen molar-refractivity contribution in [2.24, 2.45) is 0 Å². The predicted octanol–water partition coefficient (Wildman–Crippen LogP) is 2.54. The van der Waals surface area contributed by atoms with Crippen molar-refractivity contribution in [1.29, 1.82) is 0 Å². The van der Waals surface area contributed by atoms with E-state index >= 15 is 0 Å². The van der Waals surface area contributed by atoms with E-state index in [2.05, 4.69) is 26.1 Å². The van der Waals surface area contributed by atoms with E-state index in [0.29, 0.717) is 16.7 Å². The first-order chi connectivity index (χ1) is 13.9. The number of aromatic nitrogens is 4. The maximum atomic E-state index is 13.5. The fourth-order valence-corrected chi connectivity index (χ4v) is 3.92. The first-order valence-corrected chi connectivity index (χ1v) is 9.66. The summed E-state index contributed by atoms with van der Waals surface area (Å²) in [5.74, 6) is -0.457. The SMILES string of the molecule is CN(C)C(c1ccc(CC(=O)O)cc1)n1c(=O)c2cc(Br)ccc2n2cnnc12. The van der Waals surface area contributed by atoms with Gasteiger partial charge in [0.15, 0.2) is 0 Å². The molecular weight excluding hydrogens is 438 g/mol. The number of halogens is 1. The molecule has 148 valence electrons. The molecule has 2 aromatic heterocycles. The van der Waals surface area contributed by atoms with E-state index in [-0.39, 0.29) is 12.0 Å². The quantitative estimate of drug-likeness (QED) is 0.496. The van der Waals surface area contributed by atoms with Crippen LogP contribution in [0.4, 0.5) is 0 Å². The number of hydrogen-bond acceptors (Lipinski definition) is 5. The summed E-state index contributed by atoms with van der Waals surface area (Å²) in [4.78, 5) is 26.3. The van der Waals surface area contributed by atoms with Gasteiger partial charge in [-0.05, 0) is 43.4 Å². The fourth-order valence-electron chi connectivity index (χ4n) is 3.55. The lowest BCUT2D eigenvalue weighted by molar-refractivity contribution is -0.136. The standard InChI is InChI=1S/C20H18BrN5O3/c1-24(2)18(13-5-3-12(4-6-13)9-17(27)28)26-19(29)15-10-14(21)7-8-16(15)25-11-22-23-20(25)26/h3-8,10-11,18H,9H2,1-2H3,(H,27,28). The van der Waals surface area contributed by atoms with Crippen molar-refractivity contribution in [1.82, 2.24) is 24.1 Å². The number of carboxylic acids is 1. The number of rotatable bonds is 5. The van der Waals surface area contributed by atoms with E-state index in [1.165, 1.54) is 0 Å². The van der Waals surface area contributed by atoms with Crippen LogP contribution in [-0.2, 0) is 11.2 Å². The summed E-state index contributed by atoms with van der Waals surface area (Å²) in [7, 11) is 3.75. The molecule has 9 heteroatoms. The van der Waals surface area contributed by atoms with Crippen molar-refractivity contribution in [2.75, 3.05) is 14.1 Å². The van der Waals surface area contributed by atoms with Crippen LogP contribution in [-0.4, -0.2) is 49.2 Å². The molecule has 1 N–H and O–H groups in total. The van der Waals surface area contributed by atoms with E-state index in [1.54, 1.807) is 33.5 Å². The van der Waals surface area contributed by atoms with E-state index in [1.807, 2.05) is 43.3 Å². The van der Waals surface area contributed by atoms with Gasteiger partial charge in [0.2, 0.25) is 5.78 Å². The maximum Gasteiger partial charge on any atom is 0.307 e. The van der Waals surface area contributed by atoms with Gasteiger partial charge in [0.25, 0.3) is 5.56 Å². The molecule has 0 saturated heterocycles. The summed E-state index contributed by atoms with van der Waals surface area (Å²) >= 11 is 3.44. The molecule has 8 nitrogen and oxygen atoms in total. The van der Waals surface area contributed by atoms with Gasteiger partial charge in [-0.1, -0.05) is 40.2 Å². The van der Waals surface area contributed by atoms with E-state index in [9.17, 15) is 9.59 Å². The zero-order valence-corrected chi connectivity index (χ0v) is 17.4. The zero-order valence-electron chi connectivity index (χ0n) is 15.8. The maximum absolute atomic E-state index is 13.5. The van der Waals surface area contributed by atoms with Crippen molar-refractivity contribution in [3.8, 4) is 0 Å². The van der Waals surface area contributed by atoms with E-state index < -0.39 is 12.1 Å². The van der Waals surface area contributed by atoms with Gasteiger partial charge in [0, 0.05) is 4.47 Å². The lowest BCUT2D eigenvalue weighted by atomic mass is 10.1. The van der Waals surface area contributed by atoms with Gasteiger partial charge in [-0.2, -0.15) is 0 Å². The molecule has 2 aromatic carbocycles.